The Hall–Kier alpha value is -0.380. The summed E-state index contributed by atoms with van der Waals surface area (Å²) in [6.45, 7) is 2.15. The van der Waals surface area contributed by atoms with E-state index in [9.17, 15) is 0 Å². The van der Waals surface area contributed by atoms with Crippen molar-refractivity contribution in [2.75, 3.05) is 0 Å². The largest absolute Gasteiger partial charge is 0.271 e. The highest BCUT2D eigenvalue weighted by Crippen LogP contribution is 2.34. The average molecular weight is 297 g/mol. The van der Waals surface area contributed by atoms with Gasteiger partial charge < -0.3 is 0 Å². The molecular formula is C14H21BrN2. The number of aryl methyl sites for hydroxylation is 1. The summed E-state index contributed by atoms with van der Waals surface area (Å²) < 4.78 is 1.13. The van der Waals surface area contributed by atoms with Gasteiger partial charge in [-0.25, -0.2) is 0 Å². The fraction of sp³-hybridized carbons (Fsp3) is 0.571. The van der Waals surface area contributed by atoms with Crippen molar-refractivity contribution in [3.63, 3.8) is 0 Å². The molecule has 17 heavy (non-hydrogen) atoms. The quantitative estimate of drug-likeness (QED) is 0.654. The van der Waals surface area contributed by atoms with Gasteiger partial charge in [0.1, 0.15) is 0 Å². The third kappa shape index (κ3) is 3.30. The monoisotopic (exact) mass is 296 g/mol. The van der Waals surface area contributed by atoms with Crippen LogP contribution in [0.2, 0.25) is 0 Å². The van der Waals surface area contributed by atoms with Crippen molar-refractivity contribution in [2.24, 2.45) is 11.8 Å². The van der Waals surface area contributed by atoms with E-state index in [2.05, 4.69) is 46.5 Å². The van der Waals surface area contributed by atoms with Gasteiger partial charge in [-0.3, -0.25) is 11.3 Å². The van der Waals surface area contributed by atoms with E-state index in [-0.39, 0.29) is 0 Å². The van der Waals surface area contributed by atoms with E-state index in [4.69, 9.17) is 5.84 Å². The second-order valence-electron chi connectivity index (χ2n) is 5.11. The molecule has 0 heterocycles. The van der Waals surface area contributed by atoms with Crippen LogP contribution in [0.4, 0.5) is 0 Å². The molecule has 2 rings (SSSR count). The smallest absolute Gasteiger partial charge is 0.0465 e. The average Bonchev–Trinajstić information content (AvgIpc) is 2.79. The van der Waals surface area contributed by atoms with Gasteiger partial charge in [0.15, 0.2) is 0 Å². The van der Waals surface area contributed by atoms with Gasteiger partial charge in [0.2, 0.25) is 0 Å². The predicted molar refractivity (Wildman–Crippen MR) is 75.5 cm³/mol. The molecule has 2 nitrogen and oxygen atoms in total. The van der Waals surface area contributed by atoms with Crippen molar-refractivity contribution in [3.05, 3.63) is 33.8 Å². The molecule has 0 radical (unpaired) electrons. The minimum absolute atomic E-state index is 0.297. The summed E-state index contributed by atoms with van der Waals surface area (Å²) in [7, 11) is 0. The molecule has 1 fully saturated rings. The first-order chi connectivity index (χ1) is 8.20. The molecule has 1 aromatic carbocycles. The Balaban J connectivity index is 2.10. The van der Waals surface area contributed by atoms with Gasteiger partial charge in [-0.2, -0.15) is 0 Å². The number of hydrogen-bond acceptors (Lipinski definition) is 2. The van der Waals surface area contributed by atoms with Crippen LogP contribution in [0.25, 0.3) is 0 Å². The summed E-state index contributed by atoms with van der Waals surface area (Å²) in [5.41, 5.74) is 5.63. The van der Waals surface area contributed by atoms with E-state index in [0.29, 0.717) is 6.04 Å². The predicted octanol–water partition coefficient (Wildman–Crippen LogP) is 3.84. The molecule has 1 unspecified atom stereocenters. The summed E-state index contributed by atoms with van der Waals surface area (Å²) in [5, 5.41) is 0. The fourth-order valence-electron chi connectivity index (χ4n) is 2.89. The Morgan fingerprint density at radius 1 is 1.41 bits per heavy atom. The lowest BCUT2D eigenvalue weighted by Crippen LogP contribution is -2.30. The van der Waals surface area contributed by atoms with Gasteiger partial charge in [-0.1, -0.05) is 47.7 Å². The third-order valence-corrected chi connectivity index (χ3v) is 4.35. The molecule has 3 N–H and O–H groups in total. The van der Waals surface area contributed by atoms with E-state index in [1.807, 2.05) is 0 Å². The maximum Gasteiger partial charge on any atom is 0.0465 e. The first-order valence-electron chi connectivity index (χ1n) is 6.43. The molecule has 0 aromatic heterocycles. The van der Waals surface area contributed by atoms with Crippen molar-refractivity contribution < 1.29 is 0 Å². The highest BCUT2D eigenvalue weighted by atomic mass is 79.9. The van der Waals surface area contributed by atoms with Gasteiger partial charge in [0.25, 0.3) is 0 Å². The van der Waals surface area contributed by atoms with Gasteiger partial charge in [0, 0.05) is 10.5 Å². The van der Waals surface area contributed by atoms with Crippen LogP contribution >= 0.6 is 15.9 Å². The summed E-state index contributed by atoms with van der Waals surface area (Å²) >= 11 is 3.50. The van der Waals surface area contributed by atoms with Crippen molar-refractivity contribution in [1.82, 2.24) is 5.43 Å². The Morgan fingerprint density at radius 3 is 2.71 bits per heavy atom. The highest BCUT2D eigenvalue weighted by Gasteiger charge is 2.21. The molecule has 1 atom stereocenters. The number of hydrazine groups is 1. The van der Waals surface area contributed by atoms with Crippen LogP contribution in [0.1, 0.15) is 49.3 Å². The van der Waals surface area contributed by atoms with Gasteiger partial charge in [-0.15, -0.1) is 0 Å². The molecule has 0 saturated heterocycles. The summed E-state index contributed by atoms with van der Waals surface area (Å²) in [6.07, 6.45) is 6.68. The first kappa shape index (κ1) is 13.1. The number of benzene rings is 1. The van der Waals surface area contributed by atoms with E-state index in [0.717, 1.165) is 10.4 Å². The number of rotatable bonds is 4. The number of nitrogens with two attached hydrogens (primary N) is 1. The molecule has 1 saturated carbocycles. The van der Waals surface area contributed by atoms with E-state index < -0.39 is 0 Å². The van der Waals surface area contributed by atoms with Crippen LogP contribution in [-0.4, -0.2) is 0 Å². The van der Waals surface area contributed by atoms with Gasteiger partial charge >= 0.3 is 0 Å². The Labute approximate surface area is 112 Å². The zero-order chi connectivity index (χ0) is 12.3. The van der Waals surface area contributed by atoms with Crippen LogP contribution in [0, 0.1) is 12.8 Å². The molecule has 1 aromatic rings. The molecule has 94 valence electrons. The van der Waals surface area contributed by atoms with Crippen LogP contribution in [-0.2, 0) is 0 Å². The molecule has 3 heteroatoms. The molecule has 0 spiro atoms. The molecule has 1 aliphatic carbocycles. The Kier molecular flexibility index (Phi) is 4.60. The van der Waals surface area contributed by atoms with Gasteiger partial charge in [0.05, 0.1) is 0 Å². The maximum absolute atomic E-state index is 5.73. The number of halogens is 1. The molecule has 1 aliphatic rings. The fourth-order valence-corrected chi connectivity index (χ4v) is 3.37. The summed E-state index contributed by atoms with van der Waals surface area (Å²) in [5.74, 6) is 6.57. The van der Waals surface area contributed by atoms with Crippen LogP contribution in [0.3, 0.4) is 0 Å². The standard InChI is InChI=1S/C14H21BrN2/c1-10-8-12(15)6-7-13(10)14(17-16)9-11-4-2-3-5-11/h6-8,11,14,17H,2-5,9,16H2,1H3. The normalized spacial score (nSPS) is 18.5. The molecule has 0 amide bonds. The maximum atomic E-state index is 5.73. The van der Waals surface area contributed by atoms with Crippen molar-refractivity contribution in [1.29, 1.82) is 0 Å². The zero-order valence-electron chi connectivity index (χ0n) is 10.4. The second kappa shape index (κ2) is 5.98. The van der Waals surface area contributed by atoms with E-state index in [1.165, 1.54) is 43.2 Å². The van der Waals surface area contributed by atoms with E-state index in [1.54, 1.807) is 0 Å². The lowest BCUT2D eigenvalue weighted by molar-refractivity contribution is 0.399. The minimum Gasteiger partial charge on any atom is -0.271 e. The number of hydrogen-bond donors (Lipinski definition) is 2. The SMILES string of the molecule is Cc1cc(Br)ccc1C(CC1CCCC1)NN. The van der Waals surface area contributed by atoms with Crippen LogP contribution < -0.4 is 11.3 Å². The van der Waals surface area contributed by atoms with Crippen molar-refractivity contribution in [2.45, 2.75) is 45.1 Å². The zero-order valence-corrected chi connectivity index (χ0v) is 12.0. The van der Waals surface area contributed by atoms with Crippen molar-refractivity contribution in [3.8, 4) is 0 Å². The van der Waals surface area contributed by atoms with E-state index >= 15 is 0 Å². The molecule has 0 aliphatic heterocycles. The lowest BCUT2D eigenvalue weighted by atomic mass is 9.92. The first-order valence-corrected chi connectivity index (χ1v) is 7.22. The third-order valence-electron chi connectivity index (χ3n) is 3.85. The molecule has 0 bridgehead atoms. The Bertz CT molecular complexity index is 372. The van der Waals surface area contributed by atoms with Crippen LogP contribution in [0.5, 0.6) is 0 Å². The van der Waals surface area contributed by atoms with Crippen LogP contribution in [0.15, 0.2) is 22.7 Å². The lowest BCUT2D eigenvalue weighted by Gasteiger charge is -2.22. The number of nitrogens with one attached hydrogen (secondary N) is 1. The van der Waals surface area contributed by atoms with Crippen molar-refractivity contribution >= 4 is 15.9 Å². The summed E-state index contributed by atoms with van der Waals surface area (Å²) in [4.78, 5) is 0. The highest BCUT2D eigenvalue weighted by molar-refractivity contribution is 9.10. The second-order valence-corrected chi connectivity index (χ2v) is 6.02. The topological polar surface area (TPSA) is 38.0 Å². The minimum atomic E-state index is 0.297. The van der Waals surface area contributed by atoms with Gasteiger partial charge in [-0.05, 0) is 42.5 Å². The Morgan fingerprint density at radius 2 is 2.12 bits per heavy atom. The molecular weight excluding hydrogens is 276 g/mol. The summed E-state index contributed by atoms with van der Waals surface area (Å²) in [6, 6.07) is 6.74.